The number of hydrogen-bond donors (Lipinski definition) is 0. The van der Waals surface area contributed by atoms with E-state index in [1.165, 1.54) is 23.8 Å². The highest BCUT2D eigenvalue weighted by atomic mass is 19.1. The van der Waals surface area contributed by atoms with Gasteiger partial charge in [-0.1, -0.05) is 18.2 Å². The maximum atomic E-state index is 13.2. The Morgan fingerprint density at radius 1 is 0.952 bits per heavy atom. The second-order valence-electron chi connectivity index (χ2n) is 5.83. The standard InChI is InChI=1S/C18H19F2N/c1-13(2-3-14-4-7-17(19)8-5-14)21-11-15-6-9-18(20)10-16(15)12-21/h4-10,13H,2-3,11-12H2,1H3. The first-order chi connectivity index (χ1) is 10.1. The van der Waals surface area contributed by atoms with Crippen LogP contribution in [0.25, 0.3) is 0 Å². The van der Waals surface area contributed by atoms with Gasteiger partial charge < -0.3 is 0 Å². The largest absolute Gasteiger partial charge is 0.292 e. The first-order valence-electron chi connectivity index (χ1n) is 7.37. The molecule has 1 aliphatic heterocycles. The third-order valence-corrected chi connectivity index (χ3v) is 4.30. The summed E-state index contributed by atoms with van der Waals surface area (Å²) in [5, 5.41) is 0. The molecule has 0 radical (unpaired) electrons. The summed E-state index contributed by atoms with van der Waals surface area (Å²) in [5.41, 5.74) is 3.49. The Labute approximate surface area is 124 Å². The van der Waals surface area contributed by atoms with Gasteiger partial charge in [-0.3, -0.25) is 4.90 Å². The van der Waals surface area contributed by atoms with Crippen LogP contribution in [-0.4, -0.2) is 10.9 Å². The van der Waals surface area contributed by atoms with Crippen LogP contribution in [0.2, 0.25) is 0 Å². The van der Waals surface area contributed by atoms with Gasteiger partial charge in [0, 0.05) is 19.1 Å². The second-order valence-corrected chi connectivity index (χ2v) is 5.83. The number of nitrogens with zero attached hydrogens (tertiary/aromatic N) is 1. The van der Waals surface area contributed by atoms with Crippen molar-refractivity contribution in [3.63, 3.8) is 0 Å². The summed E-state index contributed by atoms with van der Waals surface area (Å²) in [6, 6.07) is 12.2. The molecular weight excluding hydrogens is 268 g/mol. The monoisotopic (exact) mass is 287 g/mol. The molecular formula is C18H19F2N. The van der Waals surface area contributed by atoms with Crippen molar-refractivity contribution in [2.24, 2.45) is 0 Å². The first-order valence-corrected chi connectivity index (χ1v) is 7.37. The van der Waals surface area contributed by atoms with Gasteiger partial charge in [0.05, 0.1) is 0 Å². The van der Waals surface area contributed by atoms with E-state index in [2.05, 4.69) is 11.8 Å². The molecule has 1 nitrogen and oxygen atoms in total. The lowest BCUT2D eigenvalue weighted by Gasteiger charge is -2.23. The number of fused-ring (bicyclic) bond motifs is 1. The highest BCUT2D eigenvalue weighted by Crippen LogP contribution is 2.26. The van der Waals surface area contributed by atoms with Crippen LogP contribution < -0.4 is 0 Å². The summed E-state index contributed by atoms with van der Waals surface area (Å²) in [4.78, 5) is 2.37. The average Bonchev–Trinajstić information content (AvgIpc) is 2.89. The van der Waals surface area contributed by atoms with E-state index < -0.39 is 0 Å². The summed E-state index contributed by atoms with van der Waals surface area (Å²) < 4.78 is 26.1. The van der Waals surface area contributed by atoms with Crippen LogP contribution in [-0.2, 0) is 19.5 Å². The predicted molar refractivity (Wildman–Crippen MR) is 79.8 cm³/mol. The van der Waals surface area contributed by atoms with Gasteiger partial charge in [0.25, 0.3) is 0 Å². The Hall–Kier alpha value is -1.74. The lowest BCUT2D eigenvalue weighted by Crippen LogP contribution is -2.28. The zero-order valence-corrected chi connectivity index (χ0v) is 12.2. The van der Waals surface area contributed by atoms with E-state index in [1.807, 2.05) is 18.2 Å². The van der Waals surface area contributed by atoms with Gasteiger partial charge in [0.1, 0.15) is 11.6 Å². The minimum Gasteiger partial charge on any atom is -0.292 e. The van der Waals surface area contributed by atoms with Crippen LogP contribution in [0.5, 0.6) is 0 Å². The van der Waals surface area contributed by atoms with Gasteiger partial charge in [-0.15, -0.1) is 0 Å². The van der Waals surface area contributed by atoms with Crippen LogP contribution in [0.4, 0.5) is 8.78 Å². The summed E-state index contributed by atoms with van der Waals surface area (Å²) >= 11 is 0. The molecule has 21 heavy (non-hydrogen) atoms. The van der Waals surface area contributed by atoms with E-state index in [0.717, 1.165) is 37.1 Å². The molecule has 1 aliphatic rings. The molecule has 0 spiro atoms. The Kier molecular flexibility index (Phi) is 4.02. The van der Waals surface area contributed by atoms with E-state index in [0.29, 0.717) is 6.04 Å². The van der Waals surface area contributed by atoms with Crippen LogP contribution >= 0.6 is 0 Å². The van der Waals surface area contributed by atoms with Gasteiger partial charge >= 0.3 is 0 Å². The molecule has 3 rings (SSSR count). The van der Waals surface area contributed by atoms with Crippen molar-refractivity contribution < 1.29 is 8.78 Å². The fourth-order valence-corrected chi connectivity index (χ4v) is 2.91. The number of aryl methyl sites for hydroxylation is 1. The van der Waals surface area contributed by atoms with Crippen LogP contribution in [0, 0.1) is 11.6 Å². The van der Waals surface area contributed by atoms with Crippen molar-refractivity contribution >= 4 is 0 Å². The maximum Gasteiger partial charge on any atom is 0.123 e. The van der Waals surface area contributed by atoms with Crippen molar-refractivity contribution in [1.82, 2.24) is 4.90 Å². The molecule has 0 aromatic heterocycles. The lowest BCUT2D eigenvalue weighted by molar-refractivity contribution is 0.203. The van der Waals surface area contributed by atoms with Crippen LogP contribution in [0.3, 0.4) is 0 Å². The van der Waals surface area contributed by atoms with E-state index in [9.17, 15) is 8.78 Å². The summed E-state index contributed by atoms with van der Waals surface area (Å²) in [5.74, 6) is -0.349. The van der Waals surface area contributed by atoms with Crippen molar-refractivity contribution in [2.75, 3.05) is 0 Å². The molecule has 2 aromatic carbocycles. The van der Waals surface area contributed by atoms with Crippen molar-refractivity contribution in [2.45, 2.75) is 38.9 Å². The fraction of sp³-hybridized carbons (Fsp3) is 0.333. The number of hydrogen-bond acceptors (Lipinski definition) is 1. The number of rotatable bonds is 4. The molecule has 0 amide bonds. The predicted octanol–water partition coefficient (Wildman–Crippen LogP) is 4.30. The van der Waals surface area contributed by atoms with Gasteiger partial charge in [-0.05, 0) is 60.7 Å². The molecule has 3 heteroatoms. The van der Waals surface area contributed by atoms with Crippen LogP contribution in [0.1, 0.15) is 30.0 Å². The molecule has 0 bridgehead atoms. The summed E-state index contributed by atoms with van der Waals surface area (Å²) in [6.07, 6.45) is 1.95. The molecule has 0 fully saturated rings. The topological polar surface area (TPSA) is 3.24 Å². The van der Waals surface area contributed by atoms with Gasteiger partial charge in [-0.2, -0.15) is 0 Å². The number of benzene rings is 2. The zero-order chi connectivity index (χ0) is 14.8. The summed E-state index contributed by atoms with van der Waals surface area (Å²) in [6.45, 7) is 3.91. The highest BCUT2D eigenvalue weighted by Gasteiger charge is 2.23. The Balaban J connectivity index is 1.57. The minimum atomic E-state index is -0.191. The Morgan fingerprint density at radius 3 is 2.38 bits per heavy atom. The van der Waals surface area contributed by atoms with Gasteiger partial charge in [0.15, 0.2) is 0 Å². The maximum absolute atomic E-state index is 13.2. The van der Waals surface area contributed by atoms with Crippen molar-refractivity contribution in [3.05, 3.63) is 70.8 Å². The molecule has 110 valence electrons. The molecule has 0 N–H and O–H groups in total. The fourth-order valence-electron chi connectivity index (χ4n) is 2.91. The minimum absolute atomic E-state index is 0.158. The summed E-state index contributed by atoms with van der Waals surface area (Å²) in [7, 11) is 0. The molecule has 2 aromatic rings. The lowest BCUT2D eigenvalue weighted by atomic mass is 10.1. The molecule has 0 aliphatic carbocycles. The van der Waals surface area contributed by atoms with E-state index in [4.69, 9.17) is 0 Å². The van der Waals surface area contributed by atoms with E-state index >= 15 is 0 Å². The highest BCUT2D eigenvalue weighted by molar-refractivity contribution is 5.31. The molecule has 0 saturated heterocycles. The second kappa shape index (κ2) is 5.94. The Morgan fingerprint density at radius 2 is 1.62 bits per heavy atom. The third-order valence-electron chi connectivity index (χ3n) is 4.30. The quantitative estimate of drug-likeness (QED) is 0.810. The average molecular weight is 287 g/mol. The Bertz CT molecular complexity index is 622. The van der Waals surface area contributed by atoms with E-state index in [1.54, 1.807) is 6.07 Å². The molecule has 1 atom stereocenters. The van der Waals surface area contributed by atoms with E-state index in [-0.39, 0.29) is 11.6 Å². The van der Waals surface area contributed by atoms with Gasteiger partial charge in [0.2, 0.25) is 0 Å². The third kappa shape index (κ3) is 3.30. The molecule has 0 saturated carbocycles. The normalized spacial score (nSPS) is 16.0. The smallest absolute Gasteiger partial charge is 0.123 e. The molecule has 1 heterocycles. The zero-order valence-electron chi connectivity index (χ0n) is 12.2. The first kappa shape index (κ1) is 14.2. The van der Waals surface area contributed by atoms with Crippen LogP contribution in [0.15, 0.2) is 42.5 Å². The SMILES string of the molecule is CC(CCc1ccc(F)cc1)N1Cc2ccc(F)cc2C1. The van der Waals surface area contributed by atoms with Gasteiger partial charge in [-0.25, -0.2) is 8.78 Å². The van der Waals surface area contributed by atoms with Crippen molar-refractivity contribution in [1.29, 1.82) is 0 Å². The molecule has 1 unspecified atom stereocenters. The number of halogens is 2. The van der Waals surface area contributed by atoms with Crippen molar-refractivity contribution in [3.8, 4) is 0 Å².